The Labute approximate surface area is 298 Å². The van der Waals surface area contributed by atoms with Crippen LogP contribution in [0.2, 0.25) is 0 Å². The molecule has 51 heavy (non-hydrogen) atoms. The zero-order valence-corrected chi connectivity index (χ0v) is 29.3. The van der Waals surface area contributed by atoms with Crippen molar-refractivity contribution in [3.05, 3.63) is 77.5 Å². The number of carbonyl (C=O) groups excluding carboxylic acids is 2. The molecule has 1 saturated heterocycles. The first kappa shape index (κ1) is 32.8. The number of carbonyl (C=O) groups is 2. The molecule has 0 unspecified atom stereocenters. The van der Waals surface area contributed by atoms with E-state index < -0.39 is 5.34 Å². The number of amides is 2. The molecule has 0 spiro atoms. The Bertz CT molecular complexity index is 2200. The molecule has 6 heterocycles. The van der Waals surface area contributed by atoms with E-state index >= 15 is 0 Å². The average molecular weight is 682 g/mol. The number of rotatable bonds is 9. The first-order valence-corrected chi connectivity index (χ1v) is 16.9. The highest BCUT2D eigenvalue weighted by Crippen LogP contribution is 2.45. The van der Waals surface area contributed by atoms with Crippen molar-refractivity contribution < 1.29 is 19.2 Å². The number of benzene rings is 1. The summed E-state index contributed by atoms with van der Waals surface area (Å²) in [5.74, 6) is 1.01. The number of hydrogen-bond acceptors (Lipinski definition) is 9. The van der Waals surface area contributed by atoms with Gasteiger partial charge in [0.1, 0.15) is 18.7 Å². The van der Waals surface area contributed by atoms with Gasteiger partial charge in [-0.3, -0.25) is 19.1 Å². The van der Waals surface area contributed by atoms with Crippen LogP contribution in [0.1, 0.15) is 46.5 Å². The predicted octanol–water partition coefficient (Wildman–Crippen LogP) is 2.00. The fourth-order valence-electron chi connectivity index (χ4n) is 7.07. The van der Waals surface area contributed by atoms with E-state index in [1.165, 1.54) is 16.7 Å². The Hall–Kier alpha value is -5.37. The minimum atomic E-state index is -1.40. The summed E-state index contributed by atoms with van der Waals surface area (Å²) in [6, 6.07) is 15.1. The summed E-state index contributed by atoms with van der Waals surface area (Å²) in [7, 11) is 20.5. The first-order chi connectivity index (χ1) is 24.4. The van der Waals surface area contributed by atoms with Crippen LogP contribution in [-0.4, -0.2) is 103 Å². The summed E-state index contributed by atoms with van der Waals surface area (Å²) < 4.78 is 5.24. The maximum atomic E-state index is 12.8. The molecule has 2 fully saturated rings. The van der Waals surface area contributed by atoms with Crippen LogP contribution in [0.15, 0.2) is 54.7 Å². The maximum absolute atomic E-state index is 12.8. The van der Waals surface area contributed by atoms with Gasteiger partial charge < -0.3 is 25.3 Å². The highest BCUT2D eigenvalue weighted by atomic mass is 16.6. The van der Waals surface area contributed by atoms with Crippen LogP contribution in [0.4, 0.5) is 23.0 Å². The zero-order chi connectivity index (χ0) is 35.8. The molecule has 5 aromatic rings. The van der Waals surface area contributed by atoms with Crippen molar-refractivity contribution in [1.29, 1.82) is 0 Å². The van der Waals surface area contributed by atoms with Crippen molar-refractivity contribution >= 4 is 56.2 Å². The Morgan fingerprint density at radius 2 is 1.84 bits per heavy atom. The van der Waals surface area contributed by atoms with Crippen LogP contribution < -0.4 is 25.1 Å². The number of hydrogen-bond donors (Lipinski definition) is 2. The Morgan fingerprint density at radius 1 is 1.08 bits per heavy atom. The molecule has 14 nitrogen and oxygen atoms in total. The van der Waals surface area contributed by atoms with Crippen LogP contribution in [0.25, 0.3) is 16.8 Å². The van der Waals surface area contributed by atoms with Gasteiger partial charge in [0.15, 0.2) is 5.65 Å². The number of nitrogens with zero attached hydrogens (tertiary/aromatic N) is 9. The van der Waals surface area contributed by atoms with Crippen LogP contribution >= 0.6 is 0 Å². The summed E-state index contributed by atoms with van der Waals surface area (Å²) in [6.07, 6.45) is 3.75. The van der Waals surface area contributed by atoms with Gasteiger partial charge >= 0.3 is 11.6 Å². The summed E-state index contributed by atoms with van der Waals surface area (Å²) in [5.41, 5.74) is 7.35. The second-order valence-corrected chi connectivity index (χ2v) is 13.8. The Morgan fingerprint density at radius 3 is 2.57 bits per heavy atom. The Kier molecular flexibility index (Phi) is 7.82. The molecule has 8 rings (SSSR count). The van der Waals surface area contributed by atoms with E-state index in [0.717, 1.165) is 46.7 Å². The molecule has 2 amide bonds. The van der Waals surface area contributed by atoms with E-state index in [1.807, 2.05) is 42.3 Å². The van der Waals surface area contributed by atoms with Gasteiger partial charge in [0.2, 0.25) is 11.6 Å². The second kappa shape index (κ2) is 12.1. The standard InChI is InChI=1S/C35H37B2N11O3/c1-20-14-30-40-29(41-33(49)21-12-13-21)15-31(47(30)42-20)39-25-9-6-8-23-24-16-38-46(27(24)19-44(4)32(23)25)22-17-45(18-22)35(36,37)28-11-7-10-26(48(28)51-5)34(50)43(2)3/h6-11,14-16,21-22H,12-13,17-19H2,1-5H3,(H-,39,40,41,42,49)/p+1. The number of para-hydroxylation sites is 1. The zero-order valence-electron chi connectivity index (χ0n) is 29.3. The van der Waals surface area contributed by atoms with Crippen molar-refractivity contribution in [3.8, 4) is 11.1 Å². The quantitative estimate of drug-likeness (QED) is 0.177. The van der Waals surface area contributed by atoms with Crippen LogP contribution in [0.3, 0.4) is 0 Å². The highest BCUT2D eigenvalue weighted by molar-refractivity contribution is 6.39. The summed E-state index contributed by atoms with van der Waals surface area (Å²) in [5, 5.41) is 14.7. The van der Waals surface area contributed by atoms with Gasteiger partial charge in [-0.2, -0.15) is 14.7 Å². The van der Waals surface area contributed by atoms with E-state index in [-0.39, 0.29) is 23.8 Å². The normalized spacial score (nSPS) is 16.0. The van der Waals surface area contributed by atoms with Crippen molar-refractivity contribution in [3.63, 3.8) is 0 Å². The molecule has 4 aromatic heterocycles. The third-order valence-electron chi connectivity index (χ3n) is 9.90. The lowest BCUT2D eigenvalue weighted by Crippen LogP contribution is -2.65. The monoisotopic (exact) mass is 682 g/mol. The molecule has 2 N–H and O–H groups in total. The van der Waals surface area contributed by atoms with Gasteiger partial charge in [-0.05, 0) is 31.9 Å². The molecule has 2 aliphatic heterocycles. The largest absolute Gasteiger partial charge is 0.366 e. The van der Waals surface area contributed by atoms with Crippen molar-refractivity contribution in [1.82, 2.24) is 34.2 Å². The number of nitrogens with one attached hydrogen (secondary N) is 2. The van der Waals surface area contributed by atoms with Gasteiger partial charge in [-0.15, -0.1) is 0 Å². The molecule has 1 aliphatic carbocycles. The Balaban J connectivity index is 1.06. The fourth-order valence-corrected chi connectivity index (χ4v) is 7.07. The molecule has 4 radical (unpaired) electrons. The summed E-state index contributed by atoms with van der Waals surface area (Å²) in [6.45, 7) is 3.65. The smallest absolute Gasteiger partial charge is 0.323 e. The summed E-state index contributed by atoms with van der Waals surface area (Å²) >= 11 is 0. The van der Waals surface area contributed by atoms with Gasteiger partial charge in [-0.25, -0.2) is 4.98 Å². The fraction of sp³-hybridized carbons (Fsp3) is 0.371. The lowest BCUT2D eigenvalue weighted by Gasteiger charge is -2.48. The van der Waals surface area contributed by atoms with E-state index in [9.17, 15) is 9.59 Å². The lowest BCUT2D eigenvalue weighted by atomic mass is 9.57. The highest BCUT2D eigenvalue weighted by Gasteiger charge is 2.46. The minimum absolute atomic E-state index is 0.00193. The van der Waals surface area contributed by atoms with Gasteiger partial charge in [-0.1, -0.05) is 12.1 Å². The number of anilines is 4. The lowest BCUT2D eigenvalue weighted by molar-refractivity contribution is -0.893. The van der Waals surface area contributed by atoms with Crippen LogP contribution in [0, 0.1) is 12.8 Å². The van der Waals surface area contributed by atoms with Crippen molar-refractivity contribution in [2.75, 3.05) is 56.9 Å². The number of likely N-dealkylation sites (tertiary alicyclic amines) is 1. The molecule has 3 aliphatic rings. The topological polar surface area (TPSA) is 129 Å². The maximum Gasteiger partial charge on any atom is 0.323 e. The number of aromatic nitrogens is 6. The molecule has 0 atom stereocenters. The predicted molar refractivity (Wildman–Crippen MR) is 193 cm³/mol. The third kappa shape index (κ3) is 5.57. The summed E-state index contributed by atoms with van der Waals surface area (Å²) in [4.78, 5) is 41.3. The molecular formula is C35H38B2N11O3+. The van der Waals surface area contributed by atoms with E-state index in [1.54, 1.807) is 36.8 Å². The van der Waals surface area contributed by atoms with Crippen LogP contribution in [-0.2, 0) is 16.7 Å². The molecule has 16 heteroatoms. The molecule has 0 bridgehead atoms. The van der Waals surface area contributed by atoms with Crippen molar-refractivity contribution in [2.24, 2.45) is 5.92 Å². The SMILES string of the molecule is [B]C([B])(c1cccc(C(=O)N(C)C)[n+]1OC)N1CC(n2ncc3c2CN(C)c2c(Nc4cc(NC(=O)C5CC5)nc5cc(C)nn45)cccc2-3)C1. The third-order valence-corrected chi connectivity index (χ3v) is 9.90. The van der Waals surface area contributed by atoms with E-state index in [0.29, 0.717) is 48.3 Å². The molecular weight excluding hydrogens is 644 g/mol. The molecule has 256 valence electrons. The number of pyridine rings is 1. The first-order valence-electron chi connectivity index (χ1n) is 16.9. The number of aryl methyl sites for hydroxylation is 1. The molecule has 1 aromatic carbocycles. The second-order valence-electron chi connectivity index (χ2n) is 13.8. The minimum Gasteiger partial charge on any atom is -0.366 e. The number of fused-ring (bicyclic) bond motifs is 4. The van der Waals surface area contributed by atoms with Crippen LogP contribution in [0.5, 0.6) is 0 Å². The average Bonchev–Trinajstić information content (AvgIpc) is 3.75. The van der Waals surface area contributed by atoms with Crippen molar-refractivity contribution in [2.45, 2.75) is 37.7 Å². The molecule has 1 saturated carbocycles. The van der Waals surface area contributed by atoms with Gasteiger partial charge in [0, 0.05) is 85.6 Å². The van der Waals surface area contributed by atoms with Gasteiger partial charge in [0.25, 0.3) is 0 Å². The van der Waals surface area contributed by atoms with E-state index in [2.05, 4.69) is 43.4 Å². The van der Waals surface area contributed by atoms with E-state index in [4.69, 9.17) is 25.6 Å². The van der Waals surface area contributed by atoms with Gasteiger partial charge in [0.05, 0.1) is 57.2 Å².